The number of nitrogens with two attached hydrogens (primary N) is 1. The monoisotopic (exact) mass is 126 g/mol. The van der Waals surface area contributed by atoms with E-state index in [0.717, 1.165) is 0 Å². The fourth-order valence-corrected chi connectivity index (χ4v) is 0.492. The van der Waals surface area contributed by atoms with Crippen LogP contribution in [0.5, 0.6) is 0 Å². The molecule has 2 N–H and O–H groups in total. The van der Waals surface area contributed by atoms with Gasteiger partial charge in [0, 0.05) is 12.4 Å². The van der Waals surface area contributed by atoms with E-state index in [2.05, 4.69) is 0 Å². The van der Waals surface area contributed by atoms with Crippen LogP contribution in [0, 0.1) is 0 Å². The Balaban J connectivity index is 0.000000291. The molecule has 1 aromatic heterocycles. The third kappa shape index (κ3) is 2.93. The lowest BCUT2D eigenvalue weighted by molar-refractivity contribution is 0.738. The normalized spacial score (nSPS) is 7.89. The van der Waals surface area contributed by atoms with Crippen LogP contribution >= 0.6 is 0 Å². The summed E-state index contributed by atoms with van der Waals surface area (Å²) in [6.07, 6.45) is 3.86. The van der Waals surface area contributed by atoms with Gasteiger partial charge in [0.15, 0.2) is 0 Å². The molecule has 1 heterocycles. The molecule has 2 heteroatoms. The third-order valence-corrected chi connectivity index (χ3v) is 0.877. The maximum atomic E-state index is 5.26. The molecule has 52 valence electrons. The third-order valence-electron chi connectivity index (χ3n) is 0.877. The molecule has 0 bridgehead atoms. The first-order valence-corrected chi connectivity index (χ1v) is 3.24. The molecule has 0 unspecified atom stereocenters. The Morgan fingerprint density at radius 1 is 1.22 bits per heavy atom. The van der Waals surface area contributed by atoms with Crippen LogP contribution in [-0.4, -0.2) is 4.57 Å². The van der Waals surface area contributed by atoms with Crippen molar-refractivity contribution >= 4 is 0 Å². The largest absolute Gasteiger partial charge is 0.341 e. The Bertz CT molecular complexity index is 121. The van der Waals surface area contributed by atoms with Crippen molar-refractivity contribution in [3.8, 4) is 0 Å². The van der Waals surface area contributed by atoms with Crippen molar-refractivity contribution < 1.29 is 0 Å². The number of hydrogen-bond acceptors (Lipinski definition) is 1. The zero-order valence-electron chi connectivity index (χ0n) is 6.04. The standard InChI is InChI=1S/C5H8N2.C2H6/c6-5-7-3-1-2-4-7;1-2/h1-4H,5-6H2;1-2H3. The zero-order chi connectivity index (χ0) is 7.11. The summed E-state index contributed by atoms with van der Waals surface area (Å²) in [5, 5.41) is 0. The molecule has 0 atom stereocenters. The Morgan fingerprint density at radius 3 is 1.89 bits per heavy atom. The summed E-state index contributed by atoms with van der Waals surface area (Å²) in [5.74, 6) is 0. The van der Waals surface area contributed by atoms with Crippen molar-refractivity contribution in [1.82, 2.24) is 4.57 Å². The number of aromatic nitrogens is 1. The van der Waals surface area contributed by atoms with Crippen molar-refractivity contribution in [3.05, 3.63) is 24.5 Å². The van der Waals surface area contributed by atoms with Gasteiger partial charge in [-0.25, -0.2) is 0 Å². The van der Waals surface area contributed by atoms with Crippen LogP contribution in [0.4, 0.5) is 0 Å². The fraction of sp³-hybridized carbons (Fsp3) is 0.429. The van der Waals surface area contributed by atoms with Crippen molar-refractivity contribution in [2.24, 2.45) is 5.73 Å². The minimum absolute atomic E-state index is 0.576. The van der Waals surface area contributed by atoms with E-state index in [4.69, 9.17) is 5.73 Å². The molecule has 0 aliphatic carbocycles. The lowest BCUT2D eigenvalue weighted by atomic mass is 10.7. The van der Waals surface area contributed by atoms with Crippen LogP contribution in [0.15, 0.2) is 24.5 Å². The first-order chi connectivity index (χ1) is 4.43. The lowest BCUT2D eigenvalue weighted by Crippen LogP contribution is -2.02. The highest BCUT2D eigenvalue weighted by molar-refractivity contribution is 4.89. The molecule has 1 rings (SSSR count). The minimum atomic E-state index is 0.576. The van der Waals surface area contributed by atoms with E-state index in [9.17, 15) is 0 Å². The van der Waals surface area contributed by atoms with E-state index in [-0.39, 0.29) is 0 Å². The smallest absolute Gasteiger partial charge is 0.0694 e. The van der Waals surface area contributed by atoms with Gasteiger partial charge in [0.1, 0.15) is 0 Å². The molecule has 0 spiro atoms. The average Bonchev–Trinajstić information content (AvgIpc) is 2.43. The summed E-state index contributed by atoms with van der Waals surface area (Å²) in [7, 11) is 0. The Morgan fingerprint density at radius 2 is 1.67 bits per heavy atom. The molecular formula is C7H14N2. The predicted octanol–water partition coefficient (Wildman–Crippen LogP) is 1.43. The second-order valence-corrected chi connectivity index (χ2v) is 1.38. The molecule has 9 heavy (non-hydrogen) atoms. The first-order valence-electron chi connectivity index (χ1n) is 3.24. The highest BCUT2D eigenvalue weighted by Gasteiger charge is 1.75. The van der Waals surface area contributed by atoms with E-state index < -0.39 is 0 Å². The van der Waals surface area contributed by atoms with E-state index in [1.807, 2.05) is 42.9 Å². The van der Waals surface area contributed by atoms with Crippen LogP contribution in [-0.2, 0) is 6.67 Å². The Labute approximate surface area is 56.3 Å². The quantitative estimate of drug-likeness (QED) is 0.606. The SMILES string of the molecule is CC.NCn1cccc1. The summed E-state index contributed by atoms with van der Waals surface area (Å²) >= 11 is 0. The minimum Gasteiger partial charge on any atom is -0.341 e. The number of nitrogens with zero attached hydrogens (tertiary/aromatic N) is 1. The topological polar surface area (TPSA) is 30.9 Å². The Hall–Kier alpha value is -0.760. The molecule has 0 fully saturated rings. The van der Waals surface area contributed by atoms with E-state index in [1.54, 1.807) is 0 Å². The summed E-state index contributed by atoms with van der Waals surface area (Å²) < 4.78 is 1.90. The van der Waals surface area contributed by atoms with Gasteiger partial charge in [0.05, 0.1) is 6.67 Å². The molecule has 0 amide bonds. The zero-order valence-corrected chi connectivity index (χ0v) is 6.04. The van der Waals surface area contributed by atoms with Gasteiger partial charge in [-0.15, -0.1) is 0 Å². The van der Waals surface area contributed by atoms with E-state index in [1.165, 1.54) is 0 Å². The first kappa shape index (κ1) is 8.24. The van der Waals surface area contributed by atoms with E-state index in [0.29, 0.717) is 6.67 Å². The summed E-state index contributed by atoms with van der Waals surface area (Å²) in [5.41, 5.74) is 5.26. The molecule has 0 aromatic carbocycles. The maximum absolute atomic E-state index is 5.26. The summed E-state index contributed by atoms with van der Waals surface area (Å²) in [6.45, 7) is 4.58. The predicted molar refractivity (Wildman–Crippen MR) is 40.0 cm³/mol. The van der Waals surface area contributed by atoms with Crippen LogP contribution < -0.4 is 5.73 Å². The van der Waals surface area contributed by atoms with Crippen molar-refractivity contribution in [3.63, 3.8) is 0 Å². The molecular weight excluding hydrogens is 112 g/mol. The van der Waals surface area contributed by atoms with Gasteiger partial charge in [-0.2, -0.15) is 0 Å². The van der Waals surface area contributed by atoms with Gasteiger partial charge < -0.3 is 10.3 Å². The second kappa shape index (κ2) is 5.38. The lowest BCUT2D eigenvalue weighted by Gasteiger charge is -1.90. The highest BCUT2D eigenvalue weighted by Crippen LogP contribution is 1.83. The van der Waals surface area contributed by atoms with Crippen LogP contribution in [0.3, 0.4) is 0 Å². The fourth-order valence-electron chi connectivity index (χ4n) is 0.492. The number of rotatable bonds is 1. The van der Waals surface area contributed by atoms with E-state index >= 15 is 0 Å². The molecule has 0 aliphatic heterocycles. The molecule has 0 aliphatic rings. The highest BCUT2D eigenvalue weighted by atomic mass is 15.0. The Kier molecular flexibility index (Phi) is 4.92. The average molecular weight is 126 g/mol. The van der Waals surface area contributed by atoms with Crippen molar-refractivity contribution in [1.29, 1.82) is 0 Å². The van der Waals surface area contributed by atoms with Gasteiger partial charge in [0.25, 0.3) is 0 Å². The number of hydrogen-bond donors (Lipinski definition) is 1. The van der Waals surface area contributed by atoms with Crippen molar-refractivity contribution in [2.45, 2.75) is 20.5 Å². The molecule has 0 saturated heterocycles. The summed E-state index contributed by atoms with van der Waals surface area (Å²) in [6, 6.07) is 3.90. The second-order valence-electron chi connectivity index (χ2n) is 1.38. The van der Waals surface area contributed by atoms with Gasteiger partial charge in [-0.3, -0.25) is 0 Å². The van der Waals surface area contributed by atoms with Gasteiger partial charge in [0.2, 0.25) is 0 Å². The van der Waals surface area contributed by atoms with Crippen molar-refractivity contribution in [2.75, 3.05) is 0 Å². The van der Waals surface area contributed by atoms with Crippen LogP contribution in [0.25, 0.3) is 0 Å². The van der Waals surface area contributed by atoms with Crippen LogP contribution in [0.2, 0.25) is 0 Å². The summed E-state index contributed by atoms with van der Waals surface area (Å²) in [4.78, 5) is 0. The van der Waals surface area contributed by atoms with Crippen LogP contribution in [0.1, 0.15) is 13.8 Å². The molecule has 1 aromatic rings. The molecule has 2 nitrogen and oxygen atoms in total. The van der Waals surface area contributed by atoms with Gasteiger partial charge in [-0.1, -0.05) is 13.8 Å². The maximum Gasteiger partial charge on any atom is 0.0694 e. The van der Waals surface area contributed by atoms with Gasteiger partial charge >= 0.3 is 0 Å². The molecule has 0 radical (unpaired) electrons. The molecule has 0 saturated carbocycles. The van der Waals surface area contributed by atoms with Gasteiger partial charge in [-0.05, 0) is 12.1 Å².